The van der Waals surface area contributed by atoms with Gasteiger partial charge in [0.2, 0.25) is 5.91 Å². The first-order chi connectivity index (χ1) is 15.9. The molecule has 2 fully saturated rings. The molecule has 1 unspecified atom stereocenters. The van der Waals surface area contributed by atoms with Crippen LogP contribution in [0.2, 0.25) is 5.15 Å². The predicted molar refractivity (Wildman–Crippen MR) is 125 cm³/mol. The molecular formula is C22H26ClF2N5O3S. The lowest BCUT2D eigenvalue weighted by Crippen LogP contribution is -2.57. The molecule has 1 amide bonds. The topological polar surface area (TPSA) is 95.5 Å². The molecule has 0 radical (unpaired) electrons. The van der Waals surface area contributed by atoms with Crippen molar-refractivity contribution in [1.82, 2.24) is 14.9 Å². The molecule has 2 aliphatic rings. The maximum Gasteiger partial charge on any atom is 0.245 e. The van der Waals surface area contributed by atoms with Crippen LogP contribution in [0.5, 0.6) is 0 Å². The van der Waals surface area contributed by atoms with E-state index in [1.54, 1.807) is 6.20 Å². The van der Waals surface area contributed by atoms with E-state index in [2.05, 4.69) is 34.0 Å². The van der Waals surface area contributed by atoms with E-state index >= 15 is 0 Å². The maximum atomic E-state index is 14.5. The summed E-state index contributed by atoms with van der Waals surface area (Å²) >= 11 is 5.84. The van der Waals surface area contributed by atoms with Crippen molar-refractivity contribution in [3.8, 4) is 0 Å². The number of aromatic nitrogens is 2. The summed E-state index contributed by atoms with van der Waals surface area (Å²) in [6.45, 7) is 5.99. The van der Waals surface area contributed by atoms with Gasteiger partial charge in [-0.15, -0.1) is 0 Å². The highest BCUT2D eigenvalue weighted by Gasteiger charge is 2.45. The lowest BCUT2D eigenvalue weighted by molar-refractivity contribution is -0.133. The van der Waals surface area contributed by atoms with Gasteiger partial charge in [-0.2, -0.15) is 0 Å². The van der Waals surface area contributed by atoms with Gasteiger partial charge in [0, 0.05) is 43.4 Å². The van der Waals surface area contributed by atoms with E-state index in [1.807, 2.05) is 4.90 Å². The van der Waals surface area contributed by atoms with Crippen LogP contribution < -0.4 is 10.2 Å². The molecule has 2 aromatic rings. The zero-order chi connectivity index (χ0) is 24.8. The molecule has 8 nitrogen and oxygen atoms in total. The van der Waals surface area contributed by atoms with Gasteiger partial charge in [0.25, 0.3) is 0 Å². The van der Waals surface area contributed by atoms with Crippen molar-refractivity contribution < 1.29 is 22.0 Å². The molecule has 0 aliphatic carbocycles. The Labute approximate surface area is 202 Å². The summed E-state index contributed by atoms with van der Waals surface area (Å²) in [5.41, 5.74) is -0.501. The van der Waals surface area contributed by atoms with Crippen molar-refractivity contribution >= 4 is 38.9 Å². The van der Waals surface area contributed by atoms with Crippen LogP contribution in [0.1, 0.15) is 26.7 Å². The Hall–Kier alpha value is -2.53. The standard InChI is InChI=1S/C22H26ClF2N5O3S/c1-22(2)12-29(20-11-26-19(23)10-27-20)6-5-18(22)30-7-4-15(21(30)31)28-16-8-14(25)17(9-13(16)24)34(3,32)33/h8-11,15,18,28H,4-7,12H2,1-3H3/t15-,18?/m0/s1. The van der Waals surface area contributed by atoms with E-state index in [-0.39, 0.29) is 23.1 Å². The number of anilines is 2. The van der Waals surface area contributed by atoms with Crippen LogP contribution in [0.4, 0.5) is 20.3 Å². The SMILES string of the molecule is CC1(C)CN(c2cnc(Cl)cn2)CCC1N1CC[C@H](Nc2cc(F)c(S(C)(=O)=O)cc2F)C1=O. The van der Waals surface area contributed by atoms with Crippen molar-refractivity contribution in [2.24, 2.45) is 5.41 Å². The number of sulfone groups is 1. The Balaban J connectivity index is 1.46. The molecule has 4 rings (SSSR count). The van der Waals surface area contributed by atoms with Crippen LogP contribution >= 0.6 is 11.6 Å². The van der Waals surface area contributed by atoms with E-state index in [0.29, 0.717) is 43.7 Å². The molecule has 2 saturated heterocycles. The molecular weight excluding hydrogens is 488 g/mol. The lowest BCUT2D eigenvalue weighted by atomic mass is 9.78. The van der Waals surface area contributed by atoms with Gasteiger partial charge in [0.15, 0.2) is 9.84 Å². The largest absolute Gasteiger partial charge is 0.371 e. The minimum absolute atomic E-state index is 0.0440. The molecule has 2 atom stereocenters. The number of piperidine rings is 1. The summed E-state index contributed by atoms with van der Waals surface area (Å²) in [5.74, 6) is -1.46. The van der Waals surface area contributed by atoms with E-state index in [4.69, 9.17) is 11.6 Å². The molecule has 0 bridgehead atoms. The molecule has 34 heavy (non-hydrogen) atoms. The second-order valence-electron chi connectivity index (χ2n) is 9.46. The first kappa shape index (κ1) is 24.6. The third kappa shape index (κ3) is 4.81. The predicted octanol–water partition coefficient (Wildman–Crippen LogP) is 3.13. The molecule has 1 aromatic carbocycles. The number of carbonyl (C=O) groups excluding carboxylic acids is 1. The van der Waals surface area contributed by atoms with Crippen molar-refractivity contribution in [3.05, 3.63) is 41.3 Å². The number of rotatable bonds is 5. The van der Waals surface area contributed by atoms with Gasteiger partial charge in [0.05, 0.1) is 18.1 Å². The fourth-order valence-corrected chi connectivity index (χ4v) is 5.67. The third-order valence-electron chi connectivity index (χ3n) is 6.47. The van der Waals surface area contributed by atoms with Crippen molar-refractivity contribution in [1.29, 1.82) is 0 Å². The van der Waals surface area contributed by atoms with E-state index in [1.165, 1.54) is 6.20 Å². The number of benzene rings is 1. The first-order valence-corrected chi connectivity index (χ1v) is 13.1. The smallest absolute Gasteiger partial charge is 0.245 e. The number of hydrogen-bond donors (Lipinski definition) is 1. The van der Waals surface area contributed by atoms with Gasteiger partial charge in [-0.1, -0.05) is 25.4 Å². The number of likely N-dealkylation sites (tertiary alicyclic amines) is 1. The van der Waals surface area contributed by atoms with Gasteiger partial charge in [-0.3, -0.25) is 4.79 Å². The van der Waals surface area contributed by atoms with E-state index in [0.717, 1.165) is 18.1 Å². The van der Waals surface area contributed by atoms with Gasteiger partial charge >= 0.3 is 0 Å². The molecule has 0 spiro atoms. The van der Waals surface area contributed by atoms with Crippen molar-refractivity contribution in [2.75, 3.05) is 36.1 Å². The molecule has 1 N–H and O–H groups in total. The normalized spacial score (nSPS) is 22.8. The summed E-state index contributed by atoms with van der Waals surface area (Å²) in [6.07, 6.45) is 5.07. The van der Waals surface area contributed by atoms with Gasteiger partial charge in [-0.05, 0) is 18.9 Å². The molecule has 1 aromatic heterocycles. The van der Waals surface area contributed by atoms with Crippen LogP contribution in [0, 0.1) is 17.0 Å². The second-order valence-corrected chi connectivity index (χ2v) is 11.8. The fraction of sp³-hybridized carbons (Fsp3) is 0.500. The number of nitrogens with one attached hydrogen (secondary N) is 1. The quantitative estimate of drug-likeness (QED) is 0.656. The molecule has 0 saturated carbocycles. The summed E-state index contributed by atoms with van der Waals surface area (Å²) in [7, 11) is -3.91. The zero-order valence-electron chi connectivity index (χ0n) is 19.1. The summed E-state index contributed by atoms with van der Waals surface area (Å²) in [4.78, 5) is 24.8. The van der Waals surface area contributed by atoms with Gasteiger partial charge in [0.1, 0.15) is 33.5 Å². The lowest BCUT2D eigenvalue weighted by Gasteiger charge is -2.48. The van der Waals surface area contributed by atoms with Crippen LogP contribution in [-0.2, 0) is 14.6 Å². The van der Waals surface area contributed by atoms with Crippen LogP contribution in [0.25, 0.3) is 0 Å². The molecule has 3 heterocycles. The minimum atomic E-state index is -3.91. The third-order valence-corrected chi connectivity index (χ3v) is 7.78. The Morgan fingerprint density at radius 1 is 1.12 bits per heavy atom. The molecule has 2 aliphatic heterocycles. The van der Waals surface area contributed by atoms with E-state index < -0.39 is 32.4 Å². The Bertz CT molecular complexity index is 1210. The fourth-order valence-electron chi connectivity index (χ4n) is 4.84. The maximum absolute atomic E-state index is 14.5. The molecule has 184 valence electrons. The Morgan fingerprint density at radius 2 is 1.85 bits per heavy atom. The van der Waals surface area contributed by atoms with Gasteiger partial charge < -0.3 is 15.1 Å². The van der Waals surface area contributed by atoms with E-state index in [9.17, 15) is 22.0 Å². The summed E-state index contributed by atoms with van der Waals surface area (Å²) in [6, 6.07) is 0.659. The Morgan fingerprint density at radius 3 is 2.47 bits per heavy atom. The van der Waals surface area contributed by atoms with Crippen LogP contribution in [0.3, 0.4) is 0 Å². The van der Waals surface area contributed by atoms with Gasteiger partial charge in [-0.25, -0.2) is 27.2 Å². The highest BCUT2D eigenvalue weighted by atomic mass is 35.5. The average molecular weight is 514 g/mol. The minimum Gasteiger partial charge on any atom is -0.371 e. The summed E-state index contributed by atoms with van der Waals surface area (Å²) < 4.78 is 52.0. The second kappa shape index (κ2) is 8.92. The number of amides is 1. The monoisotopic (exact) mass is 513 g/mol. The zero-order valence-corrected chi connectivity index (χ0v) is 20.6. The highest BCUT2D eigenvalue weighted by molar-refractivity contribution is 7.90. The number of carbonyl (C=O) groups is 1. The number of hydrogen-bond acceptors (Lipinski definition) is 7. The molecule has 12 heteroatoms. The highest BCUT2D eigenvalue weighted by Crippen LogP contribution is 2.37. The van der Waals surface area contributed by atoms with Crippen LogP contribution in [-0.4, -0.2) is 67.2 Å². The average Bonchev–Trinajstić information content (AvgIpc) is 3.09. The Kier molecular flexibility index (Phi) is 6.45. The number of halogens is 3. The van der Waals surface area contributed by atoms with Crippen molar-refractivity contribution in [3.63, 3.8) is 0 Å². The van der Waals surface area contributed by atoms with Crippen molar-refractivity contribution in [2.45, 2.75) is 43.7 Å². The van der Waals surface area contributed by atoms with Crippen LogP contribution in [0.15, 0.2) is 29.4 Å². The summed E-state index contributed by atoms with van der Waals surface area (Å²) in [5, 5.41) is 3.09. The first-order valence-electron chi connectivity index (χ1n) is 10.9. The number of nitrogens with zero attached hydrogens (tertiary/aromatic N) is 4.